The summed E-state index contributed by atoms with van der Waals surface area (Å²) >= 11 is 3.44. The van der Waals surface area contributed by atoms with E-state index in [1.807, 2.05) is 0 Å². The number of carbonyl (C=O) groups excluding carboxylic acids is 1. The van der Waals surface area contributed by atoms with Crippen molar-refractivity contribution in [3.63, 3.8) is 0 Å². The molecule has 0 spiro atoms. The lowest BCUT2D eigenvalue weighted by Crippen LogP contribution is -2.17. The van der Waals surface area contributed by atoms with Crippen molar-refractivity contribution in [2.75, 3.05) is 0 Å². The highest BCUT2D eigenvalue weighted by Crippen LogP contribution is 2.26. The minimum Gasteiger partial charge on any atom is -0.299 e. The van der Waals surface area contributed by atoms with Crippen molar-refractivity contribution in [3.05, 3.63) is 34.9 Å². The number of carbonyl (C=O) groups is 1. The number of benzene rings is 1. The molecule has 0 saturated carbocycles. The molecule has 1 aromatic rings. The molecule has 0 heterocycles. The lowest BCUT2D eigenvalue weighted by atomic mass is 9.93. The number of ketones is 1. The second kappa shape index (κ2) is 4.93. The first-order valence-corrected chi connectivity index (χ1v) is 6.06. The zero-order valence-corrected chi connectivity index (χ0v) is 11.3. The first kappa shape index (κ1) is 12.4. The van der Waals surface area contributed by atoms with E-state index in [2.05, 4.69) is 54.9 Å². The van der Waals surface area contributed by atoms with Gasteiger partial charge in [-0.1, -0.05) is 41.1 Å². The van der Waals surface area contributed by atoms with E-state index in [-0.39, 0.29) is 16.5 Å². The normalized spacial score (nSPS) is 14.7. The molecule has 0 aromatic heterocycles. The van der Waals surface area contributed by atoms with E-state index < -0.39 is 0 Å². The summed E-state index contributed by atoms with van der Waals surface area (Å²) < 4.78 is 0. The summed E-state index contributed by atoms with van der Waals surface area (Å²) in [6.45, 7) is 7.89. The van der Waals surface area contributed by atoms with Gasteiger partial charge < -0.3 is 0 Å². The molecule has 1 aromatic carbocycles. The Morgan fingerprint density at radius 2 is 1.87 bits per heavy atom. The number of hydrogen-bond donors (Lipinski definition) is 0. The predicted molar refractivity (Wildman–Crippen MR) is 67.7 cm³/mol. The van der Waals surface area contributed by atoms with Crippen molar-refractivity contribution in [1.29, 1.82) is 0 Å². The highest BCUT2D eigenvalue weighted by atomic mass is 79.9. The maximum absolute atomic E-state index is 11.3. The van der Waals surface area contributed by atoms with E-state index in [1.54, 1.807) is 6.92 Å². The average molecular weight is 269 g/mol. The Hall–Kier alpha value is -0.630. The van der Waals surface area contributed by atoms with Crippen molar-refractivity contribution in [2.45, 2.75) is 38.4 Å². The number of rotatable bonds is 3. The molecule has 82 valence electrons. The van der Waals surface area contributed by atoms with Gasteiger partial charge in [-0.15, -0.1) is 0 Å². The van der Waals surface area contributed by atoms with Crippen LogP contribution < -0.4 is 0 Å². The summed E-state index contributed by atoms with van der Waals surface area (Å²) in [5.74, 6) is 0.405. The third-order valence-electron chi connectivity index (χ3n) is 2.88. The van der Waals surface area contributed by atoms with Gasteiger partial charge in [0.15, 0.2) is 0 Å². The van der Waals surface area contributed by atoms with Gasteiger partial charge in [0.05, 0.1) is 4.83 Å². The zero-order chi connectivity index (χ0) is 11.6. The molecule has 0 aliphatic heterocycles. The van der Waals surface area contributed by atoms with Crippen LogP contribution in [-0.2, 0) is 4.79 Å². The Bertz CT molecular complexity index is 371. The molecule has 0 radical (unpaired) electrons. The number of halogens is 1. The maximum atomic E-state index is 11.3. The molecule has 0 aliphatic carbocycles. The van der Waals surface area contributed by atoms with Crippen LogP contribution in [0.1, 0.15) is 36.5 Å². The summed E-state index contributed by atoms with van der Waals surface area (Å²) in [5, 5.41) is 0. The molecule has 2 unspecified atom stereocenters. The van der Waals surface area contributed by atoms with Gasteiger partial charge in [-0.05, 0) is 37.5 Å². The van der Waals surface area contributed by atoms with Gasteiger partial charge >= 0.3 is 0 Å². The molecule has 0 aliphatic rings. The Morgan fingerprint density at radius 1 is 1.27 bits per heavy atom. The number of alkyl halides is 1. The third-order valence-corrected chi connectivity index (χ3v) is 4.32. The fraction of sp³-hybridized carbons (Fsp3) is 0.462. The molecular weight excluding hydrogens is 252 g/mol. The summed E-state index contributed by atoms with van der Waals surface area (Å²) in [6, 6.07) is 6.38. The first-order valence-electron chi connectivity index (χ1n) is 5.15. The summed E-state index contributed by atoms with van der Waals surface area (Å²) in [6.07, 6.45) is 0. The average Bonchev–Trinajstić information content (AvgIpc) is 2.19. The maximum Gasteiger partial charge on any atom is 0.144 e. The fourth-order valence-electron chi connectivity index (χ4n) is 1.57. The first-order chi connectivity index (χ1) is 6.93. The SMILES string of the molecule is CC(=O)C(Br)C(C)c1ccc(C)c(C)c1. The van der Waals surface area contributed by atoms with Gasteiger partial charge in [-0.2, -0.15) is 0 Å². The fourth-order valence-corrected chi connectivity index (χ4v) is 1.87. The van der Waals surface area contributed by atoms with Crippen LogP contribution >= 0.6 is 15.9 Å². The monoisotopic (exact) mass is 268 g/mol. The topological polar surface area (TPSA) is 17.1 Å². The number of Topliss-reactive ketones (excluding diaryl/α,β-unsaturated/α-hetero) is 1. The van der Waals surface area contributed by atoms with Gasteiger partial charge in [0.25, 0.3) is 0 Å². The van der Waals surface area contributed by atoms with E-state index in [0.717, 1.165) is 0 Å². The summed E-state index contributed by atoms with van der Waals surface area (Å²) in [7, 11) is 0. The molecule has 1 nitrogen and oxygen atoms in total. The molecule has 0 N–H and O–H groups in total. The Kier molecular flexibility index (Phi) is 4.09. The minimum atomic E-state index is -0.0837. The molecule has 0 bridgehead atoms. The lowest BCUT2D eigenvalue weighted by molar-refractivity contribution is -0.116. The summed E-state index contributed by atoms with van der Waals surface area (Å²) in [5.41, 5.74) is 3.79. The highest BCUT2D eigenvalue weighted by molar-refractivity contribution is 9.10. The Morgan fingerprint density at radius 3 is 2.33 bits per heavy atom. The van der Waals surface area contributed by atoms with E-state index >= 15 is 0 Å². The largest absolute Gasteiger partial charge is 0.299 e. The van der Waals surface area contributed by atoms with Crippen molar-refractivity contribution >= 4 is 21.7 Å². The second-order valence-electron chi connectivity index (χ2n) is 4.14. The van der Waals surface area contributed by atoms with Gasteiger partial charge in [0.2, 0.25) is 0 Å². The van der Waals surface area contributed by atoms with Crippen LogP contribution in [0.5, 0.6) is 0 Å². The van der Waals surface area contributed by atoms with Crippen LogP contribution in [0.4, 0.5) is 0 Å². The smallest absolute Gasteiger partial charge is 0.144 e. The van der Waals surface area contributed by atoms with Crippen LogP contribution in [0.25, 0.3) is 0 Å². The number of aryl methyl sites for hydroxylation is 2. The van der Waals surface area contributed by atoms with Crippen molar-refractivity contribution < 1.29 is 4.79 Å². The molecule has 15 heavy (non-hydrogen) atoms. The van der Waals surface area contributed by atoms with Crippen molar-refractivity contribution in [2.24, 2.45) is 0 Å². The van der Waals surface area contributed by atoms with Crippen molar-refractivity contribution in [1.82, 2.24) is 0 Å². The van der Waals surface area contributed by atoms with Crippen LogP contribution in [0.3, 0.4) is 0 Å². The molecule has 2 atom stereocenters. The zero-order valence-electron chi connectivity index (χ0n) is 9.67. The van der Waals surface area contributed by atoms with Gasteiger partial charge in [-0.3, -0.25) is 4.79 Å². The Labute approximate surface area is 100 Å². The van der Waals surface area contributed by atoms with Crippen molar-refractivity contribution in [3.8, 4) is 0 Å². The van der Waals surface area contributed by atoms with E-state index in [4.69, 9.17) is 0 Å². The quantitative estimate of drug-likeness (QED) is 0.763. The van der Waals surface area contributed by atoms with Gasteiger partial charge in [0.1, 0.15) is 5.78 Å². The van der Waals surface area contributed by atoms with E-state index in [0.29, 0.717) is 0 Å². The highest BCUT2D eigenvalue weighted by Gasteiger charge is 2.20. The van der Waals surface area contributed by atoms with Gasteiger partial charge in [0, 0.05) is 5.92 Å². The Balaban J connectivity index is 2.96. The molecule has 0 amide bonds. The predicted octanol–water partition coefficient (Wildman–Crippen LogP) is 3.76. The van der Waals surface area contributed by atoms with Crippen LogP contribution in [-0.4, -0.2) is 10.6 Å². The minimum absolute atomic E-state index is 0.0837. The lowest BCUT2D eigenvalue weighted by Gasteiger charge is -2.17. The molecule has 0 saturated heterocycles. The molecular formula is C13H17BrO. The van der Waals surface area contributed by atoms with Crippen LogP contribution in [0.2, 0.25) is 0 Å². The molecule has 2 heteroatoms. The number of hydrogen-bond acceptors (Lipinski definition) is 1. The van der Waals surface area contributed by atoms with E-state index in [1.165, 1.54) is 16.7 Å². The molecule has 0 fully saturated rings. The third kappa shape index (κ3) is 2.91. The van der Waals surface area contributed by atoms with E-state index in [9.17, 15) is 4.79 Å². The standard InChI is InChI=1S/C13H17BrO/c1-8-5-6-12(7-9(8)2)10(3)13(14)11(4)15/h5-7,10,13H,1-4H3. The van der Waals surface area contributed by atoms with Crippen LogP contribution in [0.15, 0.2) is 18.2 Å². The van der Waals surface area contributed by atoms with Gasteiger partial charge in [-0.25, -0.2) is 0 Å². The van der Waals surface area contributed by atoms with Crippen LogP contribution in [0, 0.1) is 13.8 Å². The second-order valence-corrected chi connectivity index (χ2v) is 5.13. The summed E-state index contributed by atoms with van der Waals surface area (Å²) in [4.78, 5) is 11.2. The molecule has 1 rings (SSSR count).